The zero-order valence-corrected chi connectivity index (χ0v) is 13.7. The number of rotatable bonds is 2. The minimum absolute atomic E-state index is 0.0686. The third kappa shape index (κ3) is 2.82. The van der Waals surface area contributed by atoms with Crippen LogP contribution in [-0.2, 0) is 0 Å². The van der Waals surface area contributed by atoms with Crippen LogP contribution >= 0.6 is 34.5 Å². The second kappa shape index (κ2) is 5.88. The summed E-state index contributed by atoms with van der Waals surface area (Å²) in [5.74, 6) is -1.03. The van der Waals surface area contributed by atoms with Crippen molar-refractivity contribution in [2.45, 2.75) is 6.92 Å². The van der Waals surface area contributed by atoms with Gasteiger partial charge in [-0.15, -0.1) is 11.3 Å². The summed E-state index contributed by atoms with van der Waals surface area (Å²) in [6, 6.07) is 9.85. The highest BCUT2D eigenvalue weighted by Crippen LogP contribution is 2.36. The van der Waals surface area contributed by atoms with Crippen molar-refractivity contribution >= 4 is 56.2 Å². The molecule has 2 aromatic carbocycles. The number of benzene rings is 2. The topological polar surface area (TPSA) is 29.1 Å². The third-order valence-corrected chi connectivity index (χ3v) is 5.06. The number of hydrogen-bond acceptors (Lipinski definition) is 2. The second-order valence-electron chi connectivity index (χ2n) is 4.82. The van der Waals surface area contributed by atoms with Crippen LogP contribution in [0.3, 0.4) is 0 Å². The van der Waals surface area contributed by atoms with Crippen molar-refractivity contribution in [3.05, 3.63) is 62.7 Å². The summed E-state index contributed by atoms with van der Waals surface area (Å²) >= 11 is 13.2. The van der Waals surface area contributed by atoms with Gasteiger partial charge in [0.2, 0.25) is 0 Å². The highest BCUT2D eigenvalue weighted by Gasteiger charge is 2.18. The molecule has 3 aromatic rings. The van der Waals surface area contributed by atoms with Crippen LogP contribution in [0.4, 0.5) is 10.1 Å². The standard InChI is InChI=1S/C16H10Cl2FNOS/c1-8-2-4-10-13(6-8)22-15(14(10)18)16(21)20-12-5-3-9(17)7-11(12)19/h2-7H,1H3,(H,20,21). The first kappa shape index (κ1) is 15.3. The van der Waals surface area contributed by atoms with E-state index >= 15 is 0 Å². The molecule has 0 aliphatic carbocycles. The van der Waals surface area contributed by atoms with Crippen LogP contribution in [-0.4, -0.2) is 5.91 Å². The molecule has 1 amide bonds. The van der Waals surface area contributed by atoms with Crippen molar-refractivity contribution in [3.63, 3.8) is 0 Å². The van der Waals surface area contributed by atoms with E-state index in [9.17, 15) is 9.18 Å². The minimum atomic E-state index is -0.589. The number of thiophene rings is 1. The van der Waals surface area contributed by atoms with Crippen LogP contribution in [0.15, 0.2) is 36.4 Å². The Morgan fingerprint density at radius 2 is 1.95 bits per heavy atom. The van der Waals surface area contributed by atoms with Gasteiger partial charge in [0.05, 0.1) is 10.7 Å². The number of amides is 1. The van der Waals surface area contributed by atoms with Crippen molar-refractivity contribution in [1.82, 2.24) is 0 Å². The molecule has 2 nitrogen and oxygen atoms in total. The van der Waals surface area contributed by atoms with E-state index in [1.165, 1.54) is 23.5 Å². The van der Waals surface area contributed by atoms with Gasteiger partial charge >= 0.3 is 0 Å². The summed E-state index contributed by atoms with van der Waals surface area (Å²) in [5.41, 5.74) is 1.15. The van der Waals surface area contributed by atoms with Crippen molar-refractivity contribution in [1.29, 1.82) is 0 Å². The number of halogens is 3. The number of nitrogens with one attached hydrogen (secondary N) is 1. The molecule has 3 rings (SSSR count). The van der Waals surface area contributed by atoms with Crippen LogP contribution in [0.2, 0.25) is 10.0 Å². The zero-order valence-electron chi connectivity index (χ0n) is 11.4. The van der Waals surface area contributed by atoms with Crippen LogP contribution in [0.1, 0.15) is 15.2 Å². The molecule has 0 bridgehead atoms. The number of carbonyl (C=O) groups is 1. The molecule has 112 valence electrons. The van der Waals surface area contributed by atoms with E-state index in [2.05, 4.69) is 5.32 Å². The summed E-state index contributed by atoms with van der Waals surface area (Å²) in [6.07, 6.45) is 0. The Labute approximate surface area is 140 Å². The molecule has 1 aromatic heterocycles. The molecule has 0 aliphatic rings. The first-order valence-electron chi connectivity index (χ1n) is 6.41. The molecule has 0 fully saturated rings. The van der Waals surface area contributed by atoms with E-state index in [-0.39, 0.29) is 10.7 Å². The largest absolute Gasteiger partial charge is 0.319 e. The molecule has 0 unspecified atom stereocenters. The molecule has 0 saturated carbocycles. The van der Waals surface area contributed by atoms with Gasteiger partial charge in [0.1, 0.15) is 10.7 Å². The average molecular weight is 354 g/mol. The summed E-state index contributed by atoms with van der Waals surface area (Å²) < 4.78 is 14.7. The molecule has 0 saturated heterocycles. The molecule has 1 heterocycles. The maximum atomic E-state index is 13.8. The molecule has 0 spiro atoms. The third-order valence-electron chi connectivity index (χ3n) is 3.17. The smallest absolute Gasteiger partial charge is 0.267 e. The Kier molecular flexibility index (Phi) is 4.08. The Morgan fingerprint density at radius 1 is 1.18 bits per heavy atom. The molecule has 1 N–H and O–H groups in total. The van der Waals surface area contributed by atoms with Gasteiger partial charge in [-0.25, -0.2) is 4.39 Å². The lowest BCUT2D eigenvalue weighted by Gasteiger charge is -2.05. The average Bonchev–Trinajstić information content (AvgIpc) is 2.78. The molecule has 6 heteroatoms. The first-order chi connectivity index (χ1) is 10.5. The molecule has 22 heavy (non-hydrogen) atoms. The summed E-state index contributed by atoms with van der Waals surface area (Å²) in [6.45, 7) is 1.97. The van der Waals surface area contributed by atoms with E-state index in [4.69, 9.17) is 23.2 Å². The molecule has 0 atom stereocenters. The maximum Gasteiger partial charge on any atom is 0.267 e. The van der Waals surface area contributed by atoms with Crippen LogP contribution in [0.5, 0.6) is 0 Å². The monoisotopic (exact) mass is 353 g/mol. The normalized spacial score (nSPS) is 10.9. The second-order valence-corrected chi connectivity index (χ2v) is 6.69. The Bertz CT molecular complexity index is 891. The van der Waals surface area contributed by atoms with Gasteiger partial charge in [-0.2, -0.15) is 0 Å². The minimum Gasteiger partial charge on any atom is -0.319 e. The van der Waals surface area contributed by atoms with Crippen molar-refractivity contribution < 1.29 is 9.18 Å². The lowest BCUT2D eigenvalue weighted by Crippen LogP contribution is -2.11. The van der Waals surface area contributed by atoms with Crippen molar-refractivity contribution in [2.75, 3.05) is 5.32 Å². The fourth-order valence-electron chi connectivity index (χ4n) is 2.09. The molecule has 0 aliphatic heterocycles. The Hall–Kier alpha value is -1.62. The van der Waals surface area contributed by atoms with Crippen LogP contribution < -0.4 is 5.32 Å². The maximum absolute atomic E-state index is 13.8. The highest BCUT2D eigenvalue weighted by atomic mass is 35.5. The van der Waals surface area contributed by atoms with Crippen molar-refractivity contribution in [2.24, 2.45) is 0 Å². The number of aryl methyl sites for hydroxylation is 1. The van der Waals surface area contributed by atoms with E-state index in [0.717, 1.165) is 21.7 Å². The van der Waals surface area contributed by atoms with E-state index in [1.807, 2.05) is 25.1 Å². The quantitative estimate of drug-likeness (QED) is 0.609. The van der Waals surface area contributed by atoms with Crippen LogP contribution in [0.25, 0.3) is 10.1 Å². The van der Waals surface area contributed by atoms with Crippen molar-refractivity contribution in [3.8, 4) is 0 Å². The summed E-state index contributed by atoms with van der Waals surface area (Å²) in [5, 5.41) is 3.99. The molecular formula is C16H10Cl2FNOS. The molecule has 0 radical (unpaired) electrons. The zero-order chi connectivity index (χ0) is 15.9. The van der Waals surface area contributed by atoms with Gasteiger partial charge in [-0.3, -0.25) is 4.79 Å². The highest BCUT2D eigenvalue weighted by molar-refractivity contribution is 7.21. The Balaban J connectivity index is 1.97. The Morgan fingerprint density at radius 3 is 2.68 bits per heavy atom. The van der Waals surface area contributed by atoms with E-state index in [0.29, 0.717) is 9.90 Å². The number of fused-ring (bicyclic) bond motifs is 1. The number of anilines is 1. The fraction of sp³-hybridized carbons (Fsp3) is 0.0625. The van der Waals surface area contributed by atoms with Gasteiger partial charge < -0.3 is 5.32 Å². The fourth-order valence-corrected chi connectivity index (χ4v) is 3.76. The van der Waals surface area contributed by atoms with Gasteiger partial charge in [-0.1, -0.05) is 35.3 Å². The lowest BCUT2D eigenvalue weighted by atomic mass is 10.2. The van der Waals surface area contributed by atoms with E-state index < -0.39 is 11.7 Å². The van der Waals surface area contributed by atoms with Gasteiger partial charge in [0.25, 0.3) is 5.91 Å². The lowest BCUT2D eigenvalue weighted by molar-refractivity contribution is 0.103. The predicted octanol–water partition coefficient (Wildman–Crippen LogP) is 5.91. The van der Waals surface area contributed by atoms with Gasteiger partial charge in [0, 0.05) is 15.1 Å². The van der Waals surface area contributed by atoms with Gasteiger partial charge in [-0.05, 0) is 36.8 Å². The predicted molar refractivity (Wildman–Crippen MR) is 90.9 cm³/mol. The number of carbonyl (C=O) groups excluding carboxylic acids is 1. The molecular weight excluding hydrogens is 344 g/mol. The van der Waals surface area contributed by atoms with Crippen LogP contribution in [0, 0.1) is 12.7 Å². The van der Waals surface area contributed by atoms with Gasteiger partial charge in [0.15, 0.2) is 0 Å². The number of hydrogen-bond donors (Lipinski definition) is 1. The first-order valence-corrected chi connectivity index (χ1v) is 7.98. The van der Waals surface area contributed by atoms with E-state index in [1.54, 1.807) is 0 Å². The summed E-state index contributed by atoms with van der Waals surface area (Å²) in [4.78, 5) is 12.7. The summed E-state index contributed by atoms with van der Waals surface area (Å²) in [7, 11) is 0. The SMILES string of the molecule is Cc1ccc2c(Cl)c(C(=O)Nc3ccc(Cl)cc3F)sc2c1.